The van der Waals surface area contributed by atoms with Crippen molar-refractivity contribution in [2.24, 2.45) is 0 Å². The first-order chi connectivity index (χ1) is 25.1. The van der Waals surface area contributed by atoms with Crippen molar-refractivity contribution in [2.75, 3.05) is 0 Å². The van der Waals surface area contributed by atoms with Crippen LogP contribution in [0, 0.1) is 0 Å². The highest BCUT2D eigenvalue weighted by Gasteiger charge is 2.28. The summed E-state index contributed by atoms with van der Waals surface area (Å²) in [5, 5.41) is 6.36. The summed E-state index contributed by atoms with van der Waals surface area (Å²) in [6.45, 7) is 2.38. The Morgan fingerprint density at radius 3 is 1.94 bits per heavy atom. The summed E-state index contributed by atoms with van der Waals surface area (Å²) in [5.74, 6) is 2.02. The highest BCUT2D eigenvalue weighted by Crippen LogP contribution is 2.42. The van der Waals surface area contributed by atoms with E-state index in [0.717, 1.165) is 23.1 Å². The number of benzene rings is 6. The van der Waals surface area contributed by atoms with Crippen LogP contribution in [0.4, 0.5) is 0 Å². The summed E-state index contributed by atoms with van der Waals surface area (Å²) in [6.07, 6.45) is 5.87. The molecular weight excluding hydrogens is 641 g/mol. The smallest absolute Gasteiger partial charge is 0.165 e. The maximum Gasteiger partial charge on any atom is 0.165 e. The number of hydrogen-bond donors (Lipinski definition) is 0. The topological polar surface area (TPSA) is 43.6 Å². The lowest BCUT2D eigenvalue weighted by atomic mass is 9.77. The van der Waals surface area contributed by atoms with E-state index in [0.29, 0.717) is 17.5 Å². The first-order valence-corrected chi connectivity index (χ1v) is 18.2. The fourth-order valence-electron chi connectivity index (χ4n) is 7.63. The van der Waals surface area contributed by atoms with E-state index in [9.17, 15) is 0 Å². The van der Waals surface area contributed by atoms with Crippen LogP contribution in [0.25, 0.3) is 83.1 Å². The van der Waals surface area contributed by atoms with E-state index < -0.39 is 0 Å². The molecule has 1 aliphatic carbocycles. The zero-order chi connectivity index (χ0) is 33.9. The largest absolute Gasteiger partial charge is 0.310 e. The van der Waals surface area contributed by atoms with Crippen LogP contribution < -0.4 is 10.6 Å². The molecule has 0 spiro atoms. The molecule has 10 rings (SSSR count). The summed E-state index contributed by atoms with van der Waals surface area (Å²) in [6, 6.07) is 53.4. The van der Waals surface area contributed by atoms with Gasteiger partial charge in [-0.1, -0.05) is 128 Å². The van der Waals surface area contributed by atoms with Gasteiger partial charge in [0.25, 0.3) is 0 Å². The molecule has 4 nitrogen and oxygen atoms in total. The number of rotatable bonds is 5. The standard InChI is InChI=1S/C46H32N4S/c1-46(27-26-35-34-20-11-12-23-39(34)50(40(35)29-46)33-18-9-4-10-19-33)32-24-25-41-38(28-32)36-21-13-22-37(42(36)51-41)45-48-43(30-14-5-2-6-15-30)47-44(49-45)31-16-7-3-8-17-31/h2-26,28-29H,27H2,1H3. The Labute approximate surface area is 299 Å². The van der Waals surface area contributed by atoms with Gasteiger partial charge in [-0.3, -0.25) is 0 Å². The van der Waals surface area contributed by atoms with E-state index in [4.69, 9.17) is 15.0 Å². The summed E-state index contributed by atoms with van der Waals surface area (Å²) in [5.41, 5.74) is 6.50. The fourth-order valence-corrected chi connectivity index (χ4v) is 8.82. The van der Waals surface area contributed by atoms with Crippen LogP contribution in [0.2, 0.25) is 0 Å². The monoisotopic (exact) mass is 672 g/mol. The van der Waals surface area contributed by atoms with Crippen LogP contribution in [0.3, 0.4) is 0 Å². The van der Waals surface area contributed by atoms with Gasteiger partial charge in [-0.2, -0.15) is 0 Å². The minimum Gasteiger partial charge on any atom is -0.310 e. The maximum atomic E-state index is 5.07. The van der Waals surface area contributed by atoms with Gasteiger partial charge in [0, 0.05) is 58.6 Å². The van der Waals surface area contributed by atoms with Gasteiger partial charge >= 0.3 is 0 Å². The van der Waals surface area contributed by atoms with Gasteiger partial charge in [-0.05, 0) is 54.5 Å². The van der Waals surface area contributed by atoms with E-state index in [-0.39, 0.29) is 5.41 Å². The predicted molar refractivity (Wildman–Crippen MR) is 212 cm³/mol. The molecule has 0 bridgehead atoms. The third-order valence-electron chi connectivity index (χ3n) is 10.2. The molecule has 3 aromatic heterocycles. The van der Waals surface area contributed by atoms with Gasteiger partial charge < -0.3 is 4.57 Å². The molecule has 6 aromatic carbocycles. The molecule has 1 atom stereocenters. The Bertz CT molecular complexity index is 2830. The highest BCUT2D eigenvalue weighted by molar-refractivity contribution is 7.26. The molecule has 3 heterocycles. The summed E-state index contributed by atoms with van der Waals surface area (Å²) >= 11 is 1.81. The molecule has 0 saturated heterocycles. The zero-order valence-electron chi connectivity index (χ0n) is 28.0. The third kappa shape index (κ3) is 4.92. The van der Waals surface area contributed by atoms with Crippen LogP contribution in [0.15, 0.2) is 152 Å². The quantitative estimate of drug-likeness (QED) is 0.183. The van der Waals surface area contributed by atoms with E-state index >= 15 is 0 Å². The molecule has 0 saturated carbocycles. The molecule has 0 N–H and O–H groups in total. The second kappa shape index (κ2) is 11.7. The predicted octanol–water partition coefficient (Wildman–Crippen LogP) is 10.1. The second-order valence-corrected chi connectivity index (χ2v) is 14.5. The van der Waals surface area contributed by atoms with E-state index in [1.807, 2.05) is 47.7 Å². The van der Waals surface area contributed by atoms with Gasteiger partial charge in [-0.15, -0.1) is 11.3 Å². The van der Waals surface area contributed by atoms with Crippen molar-refractivity contribution in [3.8, 4) is 39.9 Å². The number of nitrogens with zero attached hydrogens (tertiary/aromatic N) is 4. The Morgan fingerprint density at radius 1 is 0.588 bits per heavy atom. The van der Waals surface area contributed by atoms with Gasteiger partial charge in [0.2, 0.25) is 0 Å². The lowest BCUT2D eigenvalue weighted by molar-refractivity contribution is 0.651. The number of aromatic nitrogens is 4. The van der Waals surface area contributed by atoms with Crippen LogP contribution >= 0.6 is 11.3 Å². The van der Waals surface area contributed by atoms with Crippen molar-refractivity contribution < 1.29 is 0 Å². The van der Waals surface area contributed by atoms with Crippen molar-refractivity contribution in [1.29, 1.82) is 0 Å². The molecule has 9 aromatic rings. The van der Waals surface area contributed by atoms with Gasteiger partial charge in [0.05, 0.1) is 10.9 Å². The summed E-state index contributed by atoms with van der Waals surface area (Å²) < 4.78 is 4.86. The van der Waals surface area contributed by atoms with E-state index in [1.165, 1.54) is 52.9 Å². The van der Waals surface area contributed by atoms with Crippen LogP contribution in [0.5, 0.6) is 0 Å². The second-order valence-electron chi connectivity index (χ2n) is 13.5. The van der Waals surface area contributed by atoms with Crippen LogP contribution in [-0.4, -0.2) is 19.5 Å². The van der Waals surface area contributed by atoms with Crippen molar-refractivity contribution in [3.63, 3.8) is 0 Å². The van der Waals surface area contributed by atoms with Crippen LogP contribution in [-0.2, 0) is 5.41 Å². The molecule has 0 aliphatic heterocycles. The lowest BCUT2D eigenvalue weighted by Gasteiger charge is -2.27. The van der Waals surface area contributed by atoms with Crippen LogP contribution in [0.1, 0.15) is 18.9 Å². The molecular formula is C46H32N4S. The Hall–Kier alpha value is -6.17. The lowest BCUT2D eigenvalue weighted by Crippen LogP contribution is -2.37. The van der Waals surface area contributed by atoms with E-state index in [2.05, 4.69) is 139 Å². The maximum absolute atomic E-state index is 5.07. The first-order valence-electron chi connectivity index (χ1n) is 17.3. The minimum absolute atomic E-state index is 0.183. The number of thiophene rings is 1. The molecule has 1 unspecified atom stereocenters. The van der Waals surface area contributed by atoms with Gasteiger partial charge in [-0.25, -0.2) is 15.0 Å². The Balaban J connectivity index is 1.13. The number of para-hydroxylation sites is 2. The molecule has 0 radical (unpaired) electrons. The Morgan fingerprint density at radius 2 is 1.22 bits per heavy atom. The van der Waals surface area contributed by atoms with Crippen molar-refractivity contribution in [2.45, 2.75) is 18.8 Å². The summed E-state index contributed by atoms with van der Waals surface area (Å²) in [7, 11) is 0. The summed E-state index contributed by atoms with van der Waals surface area (Å²) in [4.78, 5) is 15.1. The first kappa shape index (κ1) is 29.7. The molecule has 0 fully saturated rings. The number of fused-ring (bicyclic) bond motifs is 6. The van der Waals surface area contributed by atoms with Crippen molar-refractivity contribution >= 4 is 54.6 Å². The molecule has 5 heteroatoms. The molecule has 242 valence electrons. The zero-order valence-corrected chi connectivity index (χ0v) is 28.8. The highest BCUT2D eigenvalue weighted by atomic mass is 32.1. The molecule has 0 amide bonds. The number of hydrogen-bond acceptors (Lipinski definition) is 4. The SMILES string of the molecule is CC1(c2ccc3sc4c(-c5nc(-c6ccccc6)nc(-c6ccccc6)n5)cccc4c3c2)C=c2c(c3ccccc3n2-c2ccccc2)=CC1. The normalized spacial score (nSPS) is 15.5. The average Bonchev–Trinajstić information content (AvgIpc) is 3.73. The Kier molecular flexibility index (Phi) is 6.83. The molecule has 51 heavy (non-hydrogen) atoms. The fraction of sp³-hybridized carbons (Fsp3) is 0.0652. The van der Waals surface area contributed by atoms with E-state index in [1.54, 1.807) is 0 Å². The van der Waals surface area contributed by atoms with Crippen molar-refractivity contribution in [1.82, 2.24) is 19.5 Å². The van der Waals surface area contributed by atoms with Gasteiger partial charge in [0.15, 0.2) is 17.5 Å². The third-order valence-corrected chi connectivity index (χ3v) is 11.5. The molecule has 1 aliphatic rings. The van der Waals surface area contributed by atoms with Crippen molar-refractivity contribution in [3.05, 3.63) is 168 Å². The average molecular weight is 673 g/mol. The minimum atomic E-state index is -0.183. The van der Waals surface area contributed by atoms with Gasteiger partial charge in [0.1, 0.15) is 0 Å².